The normalized spacial score (nSPS) is 12.4. The van der Waals surface area contributed by atoms with Gasteiger partial charge in [-0.25, -0.2) is 0 Å². The molecule has 3 aromatic rings. The molecule has 0 saturated carbocycles. The molecule has 1 aromatic heterocycles. The second-order valence-corrected chi connectivity index (χ2v) is 7.49. The third-order valence-corrected chi connectivity index (χ3v) is 5.78. The van der Waals surface area contributed by atoms with Crippen molar-refractivity contribution in [3.05, 3.63) is 68.5 Å². The summed E-state index contributed by atoms with van der Waals surface area (Å²) in [7, 11) is 0. The zero-order valence-electron chi connectivity index (χ0n) is 12.6. The maximum absolute atomic E-state index is 12.7. The van der Waals surface area contributed by atoms with Crippen LogP contribution in [0.15, 0.2) is 53.3 Å². The van der Waals surface area contributed by atoms with Crippen LogP contribution in [0.3, 0.4) is 0 Å². The van der Waals surface area contributed by atoms with Crippen molar-refractivity contribution < 1.29 is 26.3 Å². The van der Waals surface area contributed by atoms with E-state index in [1.165, 1.54) is 24.3 Å². The summed E-state index contributed by atoms with van der Waals surface area (Å²) in [5, 5.41) is 0. The molecule has 3 rings (SSSR count). The van der Waals surface area contributed by atoms with Crippen LogP contribution in [0.5, 0.6) is 0 Å². The Kier molecular flexibility index (Phi) is 4.70. The van der Waals surface area contributed by atoms with E-state index >= 15 is 0 Å². The molecule has 1 nitrogen and oxygen atoms in total. The van der Waals surface area contributed by atoms with Gasteiger partial charge in [-0.2, -0.15) is 26.3 Å². The highest BCUT2D eigenvalue weighted by molar-refractivity contribution is 7.32. The molecule has 0 saturated heterocycles. The van der Waals surface area contributed by atoms with Crippen molar-refractivity contribution in [2.24, 2.45) is 0 Å². The lowest BCUT2D eigenvalue weighted by molar-refractivity contribution is -0.138. The summed E-state index contributed by atoms with van der Waals surface area (Å²) < 4.78 is 75.7. The van der Waals surface area contributed by atoms with Crippen LogP contribution in [0.2, 0.25) is 0 Å². The topological polar surface area (TPSA) is 17.1 Å². The Morgan fingerprint density at radius 3 is 1.15 bits per heavy atom. The van der Waals surface area contributed by atoms with Crippen LogP contribution in [0.25, 0.3) is 20.9 Å². The molecule has 0 spiro atoms. The van der Waals surface area contributed by atoms with Crippen LogP contribution in [0.4, 0.5) is 26.3 Å². The summed E-state index contributed by atoms with van der Waals surface area (Å²) in [5.74, 6) is 0. The first-order chi connectivity index (χ1) is 12.1. The van der Waals surface area contributed by atoms with E-state index in [0.29, 0.717) is 20.9 Å². The van der Waals surface area contributed by atoms with Gasteiger partial charge in [0.2, 0.25) is 0 Å². The molecule has 0 bridgehead atoms. The zero-order valence-corrected chi connectivity index (χ0v) is 14.2. The maximum Gasteiger partial charge on any atom is 0.416 e. The first-order valence-corrected chi connectivity index (χ1v) is 8.68. The lowest BCUT2D eigenvalue weighted by atomic mass is 10.1. The van der Waals surface area contributed by atoms with Crippen LogP contribution in [-0.4, -0.2) is 0 Å². The molecule has 0 aliphatic carbocycles. The smallest absolute Gasteiger partial charge is 0.265 e. The van der Waals surface area contributed by atoms with E-state index in [-0.39, 0.29) is 4.06 Å². The minimum Gasteiger partial charge on any atom is -0.265 e. The monoisotopic (exact) mass is 406 g/mol. The Labute approximate surface area is 151 Å². The third-order valence-electron chi connectivity index (χ3n) is 3.53. The van der Waals surface area contributed by atoms with Gasteiger partial charge in [0.25, 0.3) is 4.06 Å². The summed E-state index contributed by atoms with van der Waals surface area (Å²) in [4.78, 5) is 12.6. The molecule has 0 atom stereocenters. The second kappa shape index (κ2) is 6.55. The van der Waals surface area contributed by atoms with Crippen molar-refractivity contribution in [2.75, 3.05) is 0 Å². The molecule has 0 aliphatic rings. The van der Waals surface area contributed by atoms with Gasteiger partial charge in [-0.15, -0.1) is 0 Å². The van der Waals surface area contributed by atoms with E-state index in [9.17, 15) is 31.1 Å². The van der Waals surface area contributed by atoms with Crippen molar-refractivity contribution in [1.29, 1.82) is 0 Å². The number of hydrogen-bond acceptors (Lipinski definition) is 3. The third kappa shape index (κ3) is 3.83. The summed E-state index contributed by atoms with van der Waals surface area (Å²) in [6.45, 7) is 0. The molecular weight excluding hydrogens is 398 g/mol. The molecule has 9 heteroatoms. The number of hydrogen-bond donors (Lipinski definition) is 0. The van der Waals surface area contributed by atoms with Crippen LogP contribution in [0.1, 0.15) is 11.1 Å². The summed E-state index contributed by atoms with van der Waals surface area (Å²) in [6, 6.07) is 8.59. The van der Waals surface area contributed by atoms with Gasteiger partial charge in [0.1, 0.15) is 0 Å². The van der Waals surface area contributed by atoms with Crippen LogP contribution in [0, 0.1) is 0 Å². The molecule has 136 valence electrons. The van der Waals surface area contributed by atoms with Crippen LogP contribution < -0.4 is 4.06 Å². The Hall–Kier alpha value is -2.13. The molecule has 0 N–H and O–H groups in total. The first-order valence-electron chi connectivity index (χ1n) is 7.05. The second-order valence-electron chi connectivity index (χ2n) is 5.26. The SMILES string of the molecule is O=c1sc(-c2ccc(C(F)(F)F)cc2)c(-c2ccc(C(F)(F)F)cc2)s1. The number of halogens is 6. The zero-order chi connectivity index (χ0) is 19.1. The highest BCUT2D eigenvalue weighted by Crippen LogP contribution is 2.40. The van der Waals surface area contributed by atoms with Gasteiger partial charge in [-0.3, -0.25) is 4.79 Å². The van der Waals surface area contributed by atoms with Gasteiger partial charge < -0.3 is 0 Å². The van der Waals surface area contributed by atoms with Gasteiger partial charge >= 0.3 is 12.4 Å². The van der Waals surface area contributed by atoms with E-state index in [4.69, 9.17) is 0 Å². The number of benzene rings is 2. The quantitative estimate of drug-likeness (QED) is 0.442. The van der Waals surface area contributed by atoms with E-state index in [1.807, 2.05) is 0 Å². The van der Waals surface area contributed by atoms with Gasteiger partial charge in [0.05, 0.1) is 20.9 Å². The molecular formula is C17H8F6OS2. The molecule has 0 aliphatic heterocycles. The molecule has 0 fully saturated rings. The van der Waals surface area contributed by atoms with Crippen molar-refractivity contribution in [3.63, 3.8) is 0 Å². The standard InChI is InChI=1S/C17H8F6OS2/c18-16(19,20)11-5-1-9(2-6-11)13-14(26-15(24)25-13)10-3-7-12(8-4-10)17(21,22)23/h1-8H. The highest BCUT2D eigenvalue weighted by Gasteiger charge is 2.31. The average Bonchev–Trinajstić information content (AvgIpc) is 2.95. The van der Waals surface area contributed by atoms with Crippen molar-refractivity contribution in [2.45, 2.75) is 12.4 Å². The Bertz CT molecular complexity index is 885. The fraction of sp³-hybridized carbons (Fsp3) is 0.118. The molecule has 0 amide bonds. The van der Waals surface area contributed by atoms with Gasteiger partial charge in [0.15, 0.2) is 0 Å². The molecule has 1 heterocycles. The molecule has 26 heavy (non-hydrogen) atoms. The molecule has 2 aromatic carbocycles. The van der Waals surface area contributed by atoms with E-state index in [2.05, 4.69) is 0 Å². The van der Waals surface area contributed by atoms with Gasteiger partial charge in [0, 0.05) is 0 Å². The minimum absolute atomic E-state index is 0.296. The van der Waals surface area contributed by atoms with E-state index in [0.717, 1.165) is 46.9 Å². The fourth-order valence-corrected chi connectivity index (χ4v) is 4.46. The largest absolute Gasteiger partial charge is 0.416 e. The summed E-state index contributed by atoms with van der Waals surface area (Å²) in [5.41, 5.74) is -0.840. The molecule has 0 radical (unpaired) electrons. The van der Waals surface area contributed by atoms with Crippen LogP contribution in [-0.2, 0) is 12.4 Å². The van der Waals surface area contributed by atoms with E-state index in [1.54, 1.807) is 0 Å². The molecule has 0 unspecified atom stereocenters. The number of rotatable bonds is 2. The summed E-state index contributed by atoms with van der Waals surface area (Å²) in [6.07, 6.45) is -8.95. The van der Waals surface area contributed by atoms with Crippen molar-refractivity contribution in [1.82, 2.24) is 0 Å². The summed E-state index contributed by atoms with van der Waals surface area (Å²) >= 11 is 1.69. The Morgan fingerprint density at radius 1 is 0.577 bits per heavy atom. The fourth-order valence-electron chi connectivity index (χ4n) is 2.28. The minimum atomic E-state index is -4.48. The Morgan fingerprint density at radius 2 is 0.885 bits per heavy atom. The van der Waals surface area contributed by atoms with Crippen molar-refractivity contribution >= 4 is 22.7 Å². The predicted molar refractivity (Wildman–Crippen MR) is 89.3 cm³/mol. The van der Waals surface area contributed by atoms with Crippen molar-refractivity contribution in [3.8, 4) is 20.9 Å². The lowest BCUT2D eigenvalue weighted by Crippen LogP contribution is -2.04. The van der Waals surface area contributed by atoms with Gasteiger partial charge in [-0.05, 0) is 35.4 Å². The number of alkyl halides is 6. The first kappa shape index (κ1) is 18.7. The van der Waals surface area contributed by atoms with Gasteiger partial charge in [-0.1, -0.05) is 46.9 Å². The Balaban J connectivity index is 2.03. The van der Waals surface area contributed by atoms with E-state index < -0.39 is 23.5 Å². The maximum atomic E-state index is 12.7. The predicted octanol–water partition coefficient (Wildman–Crippen LogP) is 6.54. The average molecular weight is 406 g/mol. The lowest BCUT2D eigenvalue weighted by Gasteiger charge is -2.09. The highest BCUT2D eigenvalue weighted by atomic mass is 32.2. The van der Waals surface area contributed by atoms with Crippen LogP contribution >= 0.6 is 22.7 Å².